The van der Waals surface area contributed by atoms with Crippen molar-refractivity contribution in [3.8, 4) is 0 Å². The van der Waals surface area contributed by atoms with Crippen molar-refractivity contribution < 1.29 is 5.11 Å². The molecule has 80 valence electrons. The molecule has 0 aliphatic carbocycles. The van der Waals surface area contributed by atoms with Crippen LogP contribution in [0.5, 0.6) is 0 Å². The molecule has 0 bridgehead atoms. The van der Waals surface area contributed by atoms with Crippen LogP contribution in [-0.4, -0.2) is 27.5 Å². The largest absolute Gasteiger partial charge is 0.396 e. The van der Waals surface area contributed by atoms with Crippen LogP contribution in [0.3, 0.4) is 0 Å². The Hall–Kier alpha value is -0.870. The lowest BCUT2D eigenvalue weighted by molar-refractivity contribution is 0.206. The highest BCUT2D eigenvalue weighted by Gasteiger charge is 2.10. The van der Waals surface area contributed by atoms with Gasteiger partial charge in [-0.2, -0.15) is 5.10 Å². The van der Waals surface area contributed by atoms with Gasteiger partial charge in [0.1, 0.15) is 0 Å². The monoisotopic (exact) mass is 197 g/mol. The Bertz CT molecular complexity index is 272. The number of hydrogen-bond donors (Lipinski definition) is 2. The van der Waals surface area contributed by atoms with E-state index < -0.39 is 0 Å². The Balaban J connectivity index is 2.33. The van der Waals surface area contributed by atoms with Crippen LogP contribution < -0.4 is 5.32 Å². The average Bonchev–Trinajstić information content (AvgIpc) is 2.59. The Morgan fingerprint density at radius 1 is 1.57 bits per heavy atom. The molecule has 4 heteroatoms. The zero-order valence-electron chi connectivity index (χ0n) is 9.07. The molecule has 2 N–H and O–H groups in total. The quantitative estimate of drug-likeness (QED) is 0.724. The van der Waals surface area contributed by atoms with Crippen molar-refractivity contribution in [3.63, 3.8) is 0 Å². The molecule has 14 heavy (non-hydrogen) atoms. The fraction of sp³-hybridized carbons (Fsp3) is 0.700. The minimum Gasteiger partial charge on any atom is -0.396 e. The molecule has 1 aromatic heterocycles. The number of rotatable bonds is 5. The second-order valence-electron chi connectivity index (χ2n) is 3.81. The lowest BCUT2D eigenvalue weighted by Crippen LogP contribution is -2.33. The third-order valence-corrected chi connectivity index (χ3v) is 2.52. The molecule has 2 atom stereocenters. The summed E-state index contributed by atoms with van der Waals surface area (Å²) in [6.45, 7) is 5.07. The molecule has 2 unspecified atom stereocenters. The van der Waals surface area contributed by atoms with Crippen molar-refractivity contribution in [2.24, 2.45) is 13.0 Å². The maximum Gasteiger partial charge on any atom is 0.0762 e. The smallest absolute Gasteiger partial charge is 0.0762 e. The van der Waals surface area contributed by atoms with E-state index in [0.29, 0.717) is 6.04 Å². The fourth-order valence-corrected chi connectivity index (χ4v) is 1.18. The fourth-order valence-electron chi connectivity index (χ4n) is 1.18. The van der Waals surface area contributed by atoms with Crippen LogP contribution in [-0.2, 0) is 13.6 Å². The molecule has 1 heterocycles. The van der Waals surface area contributed by atoms with E-state index in [9.17, 15) is 0 Å². The van der Waals surface area contributed by atoms with E-state index >= 15 is 0 Å². The molecule has 0 saturated heterocycles. The molecule has 4 nitrogen and oxygen atoms in total. The number of aliphatic hydroxyl groups is 1. The summed E-state index contributed by atoms with van der Waals surface area (Å²) in [6.07, 6.45) is 1.93. The Morgan fingerprint density at radius 3 is 2.79 bits per heavy atom. The van der Waals surface area contributed by atoms with E-state index in [1.54, 1.807) is 4.68 Å². The molecule has 0 aliphatic heterocycles. The number of aromatic nitrogens is 2. The molecule has 0 spiro atoms. The summed E-state index contributed by atoms with van der Waals surface area (Å²) in [7, 11) is 1.91. The predicted molar refractivity (Wildman–Crippen MR) is 55.8 cm³/mol. The van der Waals surface area contributed by atoms with Gasteiger partial charge in [-0.05, 0) is 18.9 Å². The Labute approximate surface area is 84.9 Å². The molecule has 0 fully saturated rings. The zero-order chi connectivity index (χ0) is 10.6. The van der Waals surface area contributed by atoms with Crippen molar-refractivity contribution in [3.05, 3.63) is 18.0 Å². The van der Waals surface area contributed by atoms with Gasteiger partial charge in [0.05, 0.1) is 5.69 Å². The summed E-state index contributed by atoms with van der Waals surface area (Å²) >= 11 is 0. The highest BCUT2D eigenvalue weighted by molar-refractivity contribution is 4.98. The first-order chi connectivity index (χ1) is 6.63. The topological polar surface area (TPSA) is 50.1 Å². The maximum absolute atomic E-state index is 8.95. The predicted octanol–water partition coefficient (Wildman–Crippen LogP) is 0.527. The van der Waals surface area contributed by atoms with Crippen LogP contribution in [0, 0.1) is 5.92 Å². The molecule has 0 amide bonds. The first kappa shape index (κ1) is 11.2. The lowest BCUT2D eigenvalue weighted by Gasteiger charge is -2.18. The number of nitrogens with one attached hydrogen (secondary N) is 1. The highest BCUT2D eigenvalue weighted by atomic mass is 16.3. The summed E-state index contributed by atoms with van der Waals surface area (Å²) in [5.74, 6) is 0.277. The van der Waals surface area contributed by atoms with E-state index in [-0.39, 0.29) is 12.5 Å². The van der Waals surface area contributed by atoms with Crippen LogP contribution in [0.1, 0.15) is 19.5 Å². The van der Waals surface area contributed by atoms with E-state index in [4.69, 9.17) is 5.11 Å². The minimum atomic E-state index is 0.219. The molecule has 1 rings (SSSR count). The molecule has 0 saturated carbocycles. The SMILES string of the molecule is CC(CO)C(C)NCc1ccn(C)n1. The Kier molecular flexibility index (Phi) is 4.10. The molecular formula is C10H19N3O. The van der Waals surface area contributed by atoms with Crippen molar-refractivity contribution in [1.82, 2.24) is 15.1 Å². The zero-order valence-corrected chi connectivity index (χ0v) is 9.07. The summed E-state index contributed by atoms with van der Waals surface area (Å²) in [5.41, 5.74) is 1.03. The van der Waals surface area contributed by atoms with Crippen molar-refractivity contribution >= 4 is 0 Å². The van der Waals surface area contributed by atoms with Crippen LogP contribution >= 0.6 is 0 Å². The van der Waals surface area contributed by atoms with Gasteiger partial charge in [0, 0.05) is 32.4 Å². The molecule has 1 aromatic rings. The number of aliphatic hydroxyl groups excluding tert-OH is 1. The van der Waals surface area contributed by atoms with Crippen LogP contribution in [0.25, 0.3) is 0 Å². The van der Waals surface area contributed by atoms with Crippen molar-refractivity contribution in [2.75, 3.05) is 6.61 Å². The summed E-state index contributed by atoms with van der Waals surface area (Å²) < 4.78 is 1.79. The highest BCUT2D eigenvalue weighted by Crippen LogP contribution is 2.02. The maximum atomic E-state index is 8.95. The third-order valence-electron chi connectivity index (χ3n) is 2.52. The van der Waals surface area contributed by atoms with E-state index in [2.05, 4.69) is 17.3 Å². The van der Waals surface area contributed by atoms with Gasteiger partial charge in [0.15, 0.2) is 0 Å². The number of aryl methyl sites for hydroxylation is 1. The third kappa shape index (κ3) is 3.12. The van der Waals surface area contributed by atoms with Crippen molar-refractivity contribution in [1.29, 1.82) is 0 Å². The molecule has 0 aromatic carbocycles. The molecular weight excluding hydrogens is 178 g/mol. The summed E-state index contributed by atoms with van der Waals surface area (Å²) in [4.78, 5) is 0. The van der Waals surface area contributed by atoms with Crippen LogP contribution in [0.15, 0.2) is 12.3 Å². The van der Waals surface area contributed by atoms with Gasteiger partial charge in [-0.25, -0.2) is 0 Å². The Morgan fingerprint density at radius 2 is 2.29 bits per heavy atom. The van der Waals surface area contributed by atoms with Crippen LogP contribution in [0.2, 0.25) is 0 Å². The van der Waals surface area contributed by atoms with E-state index in [1.165, 1.54) is 0 Å². The normalized spacial score (nSPS) is 15.4. The first-order valence-corrected chi connectivity index (χ1v) is 4.96. The number of nitrogens with zero attached hydrogens (tertiary/aromatic N) is 2. The molecule has 0 aliphatic rings. The second-order valence-corrected chi connectivity index (χ2v) is 3.81. The van der Waals surface area contributed by atoms with Crippen LogP contribution in [0.4, 0.5) is 0 Å². The van der Waals surface area contributed by atoms with Gasteiger partial charge in [0.2, 0.25) is 0 Å². The minimum absolute atomic E-state index is 0.219. The number of hydrogen-bond acceptors (Lipinski definition) is 3. The van der Waals surface area contributed by atoms with Crippen molar-refractivity contribution in [2.45, 2.75) is 26.4 Å². The van der Waals surface area contributed by atoms with Gasteiger partial charge < -0.3 is 10.4 Å². The standard InChI is InChI=1S/C10H19N3O/c1-8(7-14)9(2)11-6-10-4-5-13(3)12-10/h4-5,8-9,11,14H,6-7H2,1-3H3. The van der Waals surface area contributed by atoms with Gasteiger partial charge in [-0.1, -0.05) is 6.92 Å². The van der Waals surface area contributed by atoms with Gasteiger partial charge in [-0.3, -0.25) is 4.68 Å². The first-order valence-electron chi connectivity index (χ1n) is 4.96. The van der Waals surface area contributed by atoms with Gasteiger partial charge >= 0.3 is 0 Å². The average molecular weight is 197 g/mol. The van der Waals surface area contributed by atoms with Gasteiger partial charge in [-0.15, -0.1) is 0 Å². The summed E-state index contributed by atoms with van der Waals surface area (Å²) in [5, 5.41) is 16.5. The lowest BCUT2D eigenvalue weighted by atomic mass is 10.1. The van der Waals surface area contributed by atoms with E-state index in [0.717, 1.165) is 12.2 Å². The molecule has 0 radical (unpaired) electrons. The van der Waals surface area contributed by atoms with E-state index in [1.807, 2.05) is 26.2 Å². The summed E-state index contributed by atoms with van der Waals surface area (Å²) in [6, 6.07) is 2.30. The van der Waals surface area contributed by atoms with Gasteiger partial charge in [0.25, 0.3) is 0 Å². The second kappa shape index (κ2) is 5.12.